The van der Waals surface area contributed by atoms with E-state index in [0.717, 1.165) is 10.8 Å². The van der Waals surface area contributed by atoms with Gasteiger partial charge in [-0.1, -0.05) is 49.0 Å². The average molecular weight is 342 g/mol. The van der Waals surface area contributed by atoms with Crippen molar-refractivity contribution in [3.8, 4) is 0 Å². The van der Waals surface area contributed by atoms with Crippen LogP contribution in [0.1, 0.15) is 32.4 Å². The Bertz CT molecular complexity index is 796. The third kappa shape index (κ3) is 4.59. The van der Waals surface area contributed by atoms with Gasteiger partial charge in [0.1, 0.15) is 5.60 Å². The van der Waals surface area contributed by atoms with Gasteiger partial charge in [0.25, 0.3) is 0 Å². The van der Waals surface area contributed by atoms with Crippen molar-refractivity contribution < 1.29 is 23.8 Å². The molecular formula is C20H22O5. The van der Waals surface area contributed by atoms with E-state index in [1.54, 1.807) is 26.8 Å². The van der Waals surface area contributed by atoms with Crippen molar-refractivity contribution >= 4 is 22.9 Å². The predicted octanol–water partition coefficient (Wildman–Crippen LogP) is 4.56. The first-order valence-corrected chi connectivity index (χ1v) is 7.87. The lowest BCUT2D eigenvalue weighted by Gasteiger charge is -2.24. The molecule has 5 nitrogen and oxygen atoms in total. The third-order valence-corrected chi connectivity index (χ3v) is 3.47. The summed E-state index contributed by atoms with van der Waals surface area (Å²) in [4.78, 5) is 24.1. The molecular weight excluding hydrogens is 320 g/mol. The molecule has 25 heavy (non-hydrogen) atoms. The highest BCUT2D eigenvalue weighted by atomic mass is 16.7. The van der Waals surface area contributed by atoms with Crippen molar-refractivity contribution in [2.75, 3.05) is 7.11 Å². The van der Waals surface area contributed by atoms with Gasteiger partial charge in [-0.15, -0.1) is 0 Å². The van der Waals surface area contributed by atoms with Crippen molar-refractivity contribution in [2.24, 2.45) is 0 Å². The first-order valence-electron chi connectivity index (χ1n) is 7.87. The van der Waals surface area contributed by atoms with Crippen LogP contribution >= 0.6 is 0 Å². The molecule has 2 rings (SSSR count). The van der Waals surface area contributed by atoms with Crippen LogP contribution in [0.5, 0.6) is 0 Å². The van der Waals surface area contributed by atoms with Crippen LogP contribution in [0.4, 0.5) is 4.79 Å². The van der Waals surface area contributed by atoms with E-state index in [2.05, 4.69) is 6.58 Å². The molecule has 1 unspecified atom stereocenters. The molecule has 1 atom stereocenters. The molecule has 0 spiro atoms. The van der Waals surface area contributed by atoms with Gasteiger partial charge in [-0.25, -0.2) is 9.59 Å². The number of rotatable bonds is 4. The number of fused-ring (bicyclic) bond motifs is 1. The van der Waals surface area contributed by atoms with E-state index in [1.807, 2.05) is 36.4 Å². The molecule has 2 aromatic rings. The highest BCUT2D eigenvalue weighted by Crippen LogP contribution is 2.32. The topological polar surface area (TPSA) is 61.8 Å². The van der Waals surface area contributed by atoms with E-state index in [4.69, 9.17) is 14.2 Å². The predicted molar refractivity (Wildman–Crippen MR) is 95.2 cm³/mol. The van der Waals surface area contributed by atoms with E-state index >= 15 is 0 Å². The standard InChI is InChI=1S/C20H22O5/c1-13(18(21)23-5)17(24-19(22)25-20(2,3)4)16-12-8-10-14-9-6-7-11-15(14)16/h6-12,17H,1H2,2-5H3. The molecule has 0 N–H and O–H groups in total. The molecule has 0 aromatic heterocycles. The molecule has 0 amide bonds. The number of carbonyl (C=O) groups excluding carboxylic acids is 2. The van der Waals surface area contributed by atoms with Crippen LogP contribution in [-0.4, -0.2) is 24.8 Å². The van der Waals surface area contributed by atoms with Gasteiger partial charge in [-0.3, -0.25) is 0 Å². The zero-order chi connectivity index (χ0) is 18.6. The van der Waals surface area contributed by atoms with E-state index in [1.165, 1.54) is 7.11 Å². The number of carbonyl (C=O) groups is 2. The first-order chi connectivity index (χ1) is 11.7. The summed E-state index contributed by atoms with van der Waals surface area (Å²) in [5.74, 6) is -0.651. The van der Waals surface area contributed by atoms with Crippen LogP contribution in [-0.2, 0) is 19.0 Å². The molecule has 0 saturated carbocycles. The van der Waals surface area contributed by atoms with Gasteiger partial charge in [0.15, 0.2) is 6.10 Å². The SMILES string of the molecule is C=C(C(=O)OC)C(OC(=O)OC(C)(C)C)c1cccc2ccccc12. The number of ether oxygens (including phenoxy) is 3. The van der Waals surface area contributed by atoms with E-state index in [-0.39, 0.29) is 5.57 Å². The fraction of sp³-hybridized carbons (Fsp3) is 0.300. The Morgan fingerprint density at radius 3 is 2.32 bits per heavy atom. The molecule has 2 aromatic carbocycles. The highest BCUT2D eigenvalue weighted by Gasteiger charge is 2.29. The van der Waals surface area contributed by atoms with E-state index < -0.39 is 23.8 Å². The van der Waals surface area contributed by atoms with Crippen molar-refractivity contribution in [2.45, 2.75) is 32.5 Å². The molecule has 5 heteroatoms. The first kappa shape index (κ1) is 18.5. The highest BCUT2D eigenvalue weighted by molar-refractivity contribution is 5.92. The van der Waals surface area contributed by atoms with Crippen LogP contribution < -0.4 is 0 Å². The average Bonchev–Trinajstić information content (AvgIpc) is 2.56. The Morgan fingerprint density at radius 2 is 1.68 bits per heavy atom. The molecule has 0 saturated heterocycles. The largest absolute Gasteiger partial charge is 0.509 e. The molecule has 0 heterocycles. The minimum atomic E-state index is -1.01. The number of benzene rings is 2. The summed E-state index contributed by atoms with van der Waals surface area (Å²) in [6.45, 7) is 8.95. The van der Waals surface area contributed by atoms with Crippen molar-refractivity contribution in [1.82, 2.24) is 0 Å². The lowest BCUT2D eigenvalue weighted by atomic mass is 9.96. The second kappa shape index (κ2) is 7.38. The lowest BCUT2D eigenvalue weighted by molar-refractivity contribution is -0.137. The minimum absolute atomic E-state index is 0.0183. The monoisotopic (exact) mass is 342 g/mol. The second-order valence-corrected chi connectivity index (χ2v) is 6.55. The number of methoxy groups -OCH3 is 1. The van der Waals surface area contributed by atoms with Gasteiger partial charge < -0.3 is 14.2 Å². The molecule has 0 bridgehead atoms. The van der Waals surface area contributed by atoms with Crippen LogP contribution in [0.2, 0.25) is 0 Å². The number of hydrogen-bond donors (Lipinski definition) is 0. The fourth-order valence-corrected chi connectivity index (χ4v) is 2.41. The van der Waals surface area contributed by atoms with Gasteiger partial charge in [0, 0.05) is 5.56 Å². The van der Waals surface area contributed by atoms with E-state index in [0.29, 0.717) is 5.56 Å². The smallest absolute Gasteiger partial charge is 0.466 e. The van der Waals surface area contributed by atoms with Crippen molar-refractivity contribution in [3.63, 3.8) is 0 Å². The number of hydrogen-bond acceptors (Lipinski definition) is 5. The van der Waals surface area contributed by atoms with Gasteiger partial charge in [0.2, 0.25) is 0 Å². The third-order valence-electron chi connectivity index (χ3n) is 3.47. The van der Waals surface area contributed by atoms with Crippen LogP contribution in [0.25, 0.3) is 10.8 Å². The Hall–Kier alpha value is -2.82. The maximum atomic E-state index is 12.2. The maximum Gasteiger partial charge on any atom is 0.509 e. The van der Waals surface area contributed by atoms with Crippen LogP contribution in [0, 0.1) is 0 Å². The summed E-state index contributed by atoms with van der Waals surface area (Å²) < 4.78 is 15.4. The Morgan fingerprint density at radius 1 is 1.04 bits per heavy atom. The van der Waals surface area contributed by atoms with Gasteiger partial charge in [-0.05, 0) is 31.5 Å². The fourth-order valence-electron chi connectivity index (χ4n) is 2.41. The maximum absolute atomic E-state index is 12.2. The zero-order valence-electron chi connectivity index (χ0n) is 14.9. The van der Waals surface area contributed by atoms with Crippen molar-refractivity contribution in [3.05, 3.63) is 60.2 Å². The lowest BCUT2D eigenvalue weighted by Crippen LogP contribution is -2.27. The molecule has 0 aliphatic carbocycles. The van der Waals surface area contributed by atoms with Gasteiger partial charge >= 0.3 is 12.1 Å². The molecule has 132 valence electrons. The Kier molecular flexibility index (Phi) is 5.47. The quantitative estimate of drug-likeness (QED) is 0.602. The Balaban J connectivity index is 2.45. The van der Waals surface area contributed by atoms with Crippen molar-refractivity contribution in [1.29, 1.82) is 0 Å². The van der Waals surface area contributed by atoms with Gasteiger partial charge in [0.05, 0.1) is 12.7 Å². The molecule has 0 radical (unpaired) electrons. The molecule has 0 fully saturated rings. The normalized spacial score (nSPS) is 12.3. The summed E-state index contributed by atoms with van der Waals surface area (Å²) >= 11 is 0. The summed E-state index contributed by atoms with van der Waals surface area (Å²) in [5.41, 5.74) is -0.0587. The minimum Gasteiger partial charge on any atom is -0.466 e. The summed E-state index contributed by atoms with van der Waals surface area (Å²) in [7, 11) is 1.25. The van der Waals surface area contributed by atoms with E-state index in [9.17, 15) is 9.59 Å². The zero-order valence-corrected chi connectivity index (χ0v) is 14.9. The van der Waals surface area contributed by atoms with Crippen LogP contribution in [0.15, 0.2) is 54.6 Å². The Labute approximate surface area is 147 Å². The summed E-state index contributed by atoms with van der Waals surface area (Å²) in [5, 5.41) is 1.80. The summed E-state index contributed by atoms with van der Waals surface area (Å²) in [6, 6.07) is 13.1. The van der Waals surface area contributed by atoms with Crippen LogP contribution in [0.3, 0.4) is 0 Å². The summed E-state index contributed by atoms with van der Waals surface area (Å²) in [6.07, 6.45) is -1.89. The van der Waals surface area contributed by atoms with Gasteiger partial charge in [-0.2, -0.15) is 0 Å². The molecule has 0 aliphatic heterocycles. The molecule has 0 aliphatic rings. The second-order valence-electron chi connectivity index (χ2n) is 6.55. The number of esters is 1.